The molecule has 2 amide bonds. The van der Waals surface area contributed by atoms with Gasteiger partial charge in [-0.05, 0) is 86.5 Å². The molecule has 3 aromatic rings. The number of nitrogens with zero attached hydrogens (tertiary/aromatic N) is 3. The highest BCUT2D eigenvalue weighted by molar-refractivity contribution is 7.90. The van der Waals surface area contributed by atoms with Crippen molar-refractivity contribution in [2.45, 2.75) is 81.8 Å². The van der Waals surface area contributed by atoms with Gasteiger partial charge in [0.05, 0.1) is 30.6 Å². The molecule has 4 fully saturated rings. The summed E-state index contributed by atoms with van der Waals surface area (Å²) in [7, 11) is 1.41. The number of aromatic nitrogens is 1. The van der Waals surface area contributed by atoms with Crippen LogP contribution in [0, 0.1) is 5.41 Å². The van der Waals surface area contributed by atoms with E-state index in [1.807, 2.05) is 18.2 Å². The minimum absolute atomic E-state index is 0.00486. The summed E-state index contributed by atoms with van der Waals surface area (Å²) in [6, 6.07) is 12.4. The lowest BCUT2D eigenvalue weighted by Crippen LogP contribution is -2.57. The first-order valence-electron chi connectivity index (χ1n) is 17.5. The maximum Gasteiger partial charge on any atom is 0.264 e. The van der Waals surface area contributed by atoms with Crippen LogP contribution in [0.2, 0.25) is 0 Å². The molecule has 8 rings (SSSR count). The van der Waals surface area contributed by atoms with Crippen molar-refractivity contribution in [3.63, 3.8) is 0 Å². The Morgan fingerprint density at radius 2 is 1.73 bits per heavy atom. The van der Waals surface area contributed by atoms with Crippen molar-refractivity contribution in [1.82, 2.24) is 19.1 Å². The average molecular weight is 675 g/mol. The summed E-state index contributed by atoms with van der Waals surface area (Å²) in [5, 5.41) is 1.08. The Morgan fingerprint density at radius 1 is 0.979 bits per heavy atom. The summed E-state index contributed by atoms with van der Waals surface area (Å²) in [5.41, 5.74) is 5.31. The lowest BCUT2D eigenvalue weighted by molar-refractivity contribution is -0.143. The summed E-state index contributed by atoms with van der Waals surface area (Å²) < 4.78 is 40.5. The van der Waals surface area contributed by atoms with Crippen LogP contribution in [0.25, 0.3) is 22.2 Å². The Hall–Kier alpha value is -3.41. The molecule has 0 spiro atoms. The van der Waals surface area contributed by atoms with Gasteiger partial charge >= 0.3 is 0 Å². The number of carbonyl (C=O) groups is 2. The fourth-order valence-corrected chi connectivity index (χ4v) is 10.5. The third kappa shape index (κ3) is 5.15. The summed E-state index contributed by atoms with van der Waals surface area (Å²) >= 11 is 0. The number of nitrogens with one attached hydrogen (secondary N) is 1. The van der Waals surface area contributed by atoms with E-state index in [1.54, 1.807) is 13.2 Å². The molecule has 2 saturated heterocycles. The molecule has 1 aromatic heterocycles. The van der Waals surface area contributed by atoms with E-state index < -0.39 is 21.3 Å². The van der Waals surface area contributed by atoms with Crippen LogP contribution in [0.4, 0.5) is 0 Å². The van der Waals surface area contributed by atoms with E-state index in [0.717, 1.165) is 73.1 Å². The number of sulfonamides is 1. The van der Waals surface area contributed by atoms with Crippen LogP contribution >= 0.6 is 0 Å². The molecule has 11 heteroatoms. The van der Waals surface area contributed by atoms with E-state index in [-0.39, 0.29) is 41.8 Å². The van der Waals surface area contributed by atoms with E-state index >= 15 is 0 Å². The lowest BCUT2D eigenvalue weighted by atomic mass is 9.81. The zero-order valence-corrected chi connectivity index (χ0v) is 29.0. The standard InChI is InChI=1S/C37H46N4O6S/c1-39-20-25-10-11-26(21-39)41(25)36(43)37-19-31(37)30-18-27(47-3)12-14-28(30)34-33(23-7-5-4-6-8-23)29-13-9-24(17-32(29)40(34)22-37)35(42)38-48(44,45)16-15-46-2/h9,12-14,17-18,23,25-26,31H,4-8,10-11,15-16,19-22H2,1-3H3,(H,38,42)/t25?,26?,31-,37-/m0/s1. The quantitative estimate of drug-likeness (QED) is 0.364. The van der Waals surface area contributed by atoms with Crippen molar-refractivity contribution in [3.05, 3.63) is 53.1 Å². The number of rotatable bonds is 8. The molecule has 2 aliphatic carbocycles. The molecule has 3 aliphatic heterocycles. The van der Waals surface area contributed by atoms with E-state index in [2.05, 4.69) is 38.3 Å². The number of amides is 2. The molecular weight excluding hydrogens is 628 g/mol. The number of fused-ring (bicyclic) bond motifs is 9. The summed E-state index contributed by atoms with van der Waals surface area (Å²) in [4.78, 5) is 33.0. The zero-order valence-electron chi connectivity index (χ0n) is 28.2. The van der Waals surface area contributed by atoms with Crippen LogP contribution in [-0.2, 0) is 26.1 Å². The zero-order chi connectivity index (χ0) is 33.4. The van der Waals surface area contributed by atoms with E-state index in [1.165, 1.54) is 37.5 Å². The van der Waals surface area contributed by atoms with Gasteiger partial charge in [-0.3, -0.25) is 9.59 Å². The Kier molecular flexibility index (Phi) is 7.88. The first-order valence-corrected chi connectivity index (χ1v) is 19.2. The van der Waals surface area contributed by atoms with Gasteiger partial charge < -0.3 is 23.8 Å². The van der Waals surface area contributed by atoms with Crippen molar-refractivity contribution in [1.29, 1.82) is 0 Å². The van der Waals surface area contributed by atoms with Crippen LogP contribution in [0.3, 0.4) is 0 Å². The third-order valence-corrected chi connectivity index (χ3v) is 13.1. The molecule has 2 unspecified atom stereocenters. The van der Waals surface area contributed by atoms with Crippen LogP contribution < -0.4 is 9.46 Å². The molecule has 4 heterocycles. The summed E-state index contributed by atoms with van der Waals surface area (Å²) in [6.07, 6.45) is 8.61. The monoisotopic (exact) mass is 674 g/mol. The number of ether oxygens (including phenoxy) is 2. The number of methoxy groups -OCH3 is 2. The number of benzene rings is 2. The van der Waals surface area contributed by atoms with Crippen LogP contribution in [0.5, 0.6) is 5.75 Å². The fourth-order valence-electron chi connectivity index (χ4n) is 9.57. The van der Waals surface area contributed by atoms with Gasteiger partial charge in [0, 0.05) is 66.8 Å². The summed E-state index contributed by atoms with van der Waals surface area (Å²) in [5.74, 6) is 0.514. The molecule has 2 bridgehead atoms. The van der Waals surface area contributed by atoms with Gasteiger partial charge in [-0.25, -0.2) is 13.1 Å². The van der Waals surface area contributed by atoms with Crippen molar-refractivity contribution in [2.24, 2.45) is 5.41 Å². The molecule has 5 aliphatic rings. The predicted octanol–water partition coefficient (Wildman–Crippen LogP) is 4.86. The van der Waals surface area contributed by atoms with Crippen molar-refractivity contribution in [2.75, 3.05) is 46.7 Å². The lowest BCUT2D eigenvalue weighted by Gasteiger charge is -2.41. The molecule has 2 saturated carbocycles. The highest BCUT2D eigenvalue weighted by Crippen LogP contribution is 2.66. The first kappa shape index (κ1) is 31.8. The predicted molar refractivity (Wildman–Crippen MR) is 184 cm³/mol. The molecular formula is C37H46N4O6S. The number of hydrogen-bond donors (Lipinski definition) is 1. The number of piperazine rings is 1. The Morgan fingerprint density at radius 3 is 2.44 bits per heavy atom. The van der Waals surface area contributed by atoms with Gasteiger partial charge in [0.15, 0.2) is 0 Å². The third-order valence-electron chi connectivity index (χ3n) is 11.9. The van der Waals surface area contributed by atoms with Crippen molar-refractivity contribution >= 4 is 32.7 Å². The van der Waals surface area contributed by atoms with E-state index in [9.17, 15) is 18.0 Å². The van der Waals surface area contributed by atoms with Gasteiger partial charge in [0.1, 0.15) is 5.75 Å². The maximum atomic E-state index is 15.0. The van der Waals surface area contributed by atoms with E-state index in [0.29, 0.717) is 12.5 Å². The molecule has 4 atom stereocenters. The van der Waals surface area contributed by atoms with Crippen LogP contribution in [-0.4, -0.2) is 93.4 Å². The Bertz CT molecular complexity index is 1880. The number of carbonyl (C=O) groups excluding carboxylic acids is 2. The van der Waals surface area contributed by atoms with Crippen molar-refractivity contribution in [3.8, 4) is 17.0 Å². The Labute approximate surface area is 282 Å². The topological polar surface area (TPSA) is 110 Å². The Balaban J connectivity index is 1.30. The second-order valence-electron chi connectivity index (χ2n) is 14.8. The normalized spacial score (nSPS) is 26.8. The van der Waals surface area contributed by atoms with Gasteiger partial charge in [-0.15, -0.1) is 0 Å². The second-order valence-corrected chi connectivity index (χ2v) is 16.7. The fraction of sp³-hybridized carbons (Fsp3) is 0.568. The SMILES string of the molecule is COCCS(=O)(=O)NC(=O)c1ccc2c(C3CCCCC3)c3n(c2c1)C[C@@]1(C(=O)N2C4CCC2CN(C)C4)C[C@H]1c1cc(OC)ccc1-3. The second kappa shape index (κ2) is 11.9. The number of hydrogen-bond acceptors (Lipinski definition) is 7. The smallest absolute Gasteiger partial charge is 0.264 e. The largest absolute Gasteiger partial charge is 0.497 e. The van der Waals surface area contributed by atoms with Gasteiger partial charge in [0.25, 0.3) is 5.91 Å². The number of likely N-dealkylation sites (N-methyl/N-ethyl adjacent to an activating group) is 1. The maximum absolute atomic E-state index is 15.0. The van der Waals surface area contributed by atoms with Gasteiger partial charge in [0.2, 0.25) is 15.9 Å². The van der Waals surface area contributed by atoms with Crippen LogP contribution in [0.1, 0.15) is 84.7 Å². The minimum atomic E-state index is -3.87. The molecule has 1 N–H and O–H groups in total. The van der Waals surface area contributed by atoms with Gasteiger partial charge in [-0.1, -0.05) is 25.3 Å². The first-order chi connectivity index (χ1) is 23.1. The average Bonchev–Trinajstić information content (AvgIpc) is 3.67. The molecule has 10 nitrogen and oxygen atoms in total. The van der Waals surface area contributed by atoms with Gasteiger partial charge in [-0.2, -0.15) is 0 Å². The minimum Gasteiger partial charge on any atom is -0.497 e. The highest BCUT2D eigenvalue weighted by atomic mass is 32.2. The molecule has 48 heavy (non-hydrogen) atoms. The van der Waals surface area contributed by atoms with E-state index in [4.69, 9.17) is 9.47 Å². The summed E-state index contributed by atoms with van der Waals surface area (Å²) in [6.45, 7) is 2.33. The molecule has 0 radical (unpaired) electrons. The molecule has 256 valence electrons. The van der Waals surface area contributed by atoms with Crippen LogP contribution in [0.15, 0.2) is 36.4 Å². The highest BCUT2D eigenvalue weighted by Gasteiger charge is 2.65. The van der Waals surface area contributed by atoms with Crippen molar-refractivity contribution < 1.29 is 27.5 Å². The number of likely N-dealkylation sites (tertiary alicyclic amines) is 1. The molecule has 2 aromatic carbocycles.